The molecule has 7 nitrogen and oxygen atoms in total. The Hall–Kier alpha value is -2.45. The van der Waals surface area contributed by atoms with E-state index in [9.17, 15) is 14.7 Å². The van der Waals surface area contributed by atoms with Crippen molar-refractivity contribution in [2.45, 2.75) is 37.6 Å². The highest BCUT2D eigenvalue weighted by molar-refractivity contribution is 7.17. The molecule has 1 saturated heterocycles. The van der Waals surface area contributed by atoms with Gasteiger partial charge < -0.3 is 19.6 Å². The maximum atomic E-state index is 13.3. The second-order valence-corrected chi connectivity index (χ2v) is 8.76. The number of nitrogens with zero attached hydrogens (tertiary/aromatic N) is 3. The molecule has 2 unspecified atom stereocenters. The molecule has 1 aromatic carbocycles. The number of morpholine rings is 1. The number of fused-ring (bicyclic) bond motifs is 3. The molecule has 0 spiro atoms. The number of hydrogen-bond donors (Lipinski definition) is 1. The number of carbonyl (C=O) groups excluding carboxylic acids is 1. The van der Waals surface area contributed by atoms with Crippen molar-refractivity contribution in [2.75, 3.05) is 36.1 Å². The van der Waals surface area contributed by atoms with Gasteiger partial charge in [0.05, 0.1) is 25.3 Å². The smallest absolute Gasteiger partial charge is 0.347 e. The zero-order valence-electron chi connectivity index (χ0n) is 16.0. The molecule has 0 radical (unpaired) electrons. The van der Waals surface area contributed by atoms with Crippen molar-refractivity contribution in [1.82, 2.24) is 4.98 Å². The predicted octanol–water partition coefficient (Wildman–Crippen LogP) is 2.90. The van der Waals surface area contributed by atoms with Gasteiger partial charge in [0, 0.05) is 30.7 Å². The van der Waals surface area contributed by atoms with Crippen molar-refractivity contribution in [3.8, 4) is 0 Å². The molecule has 3 aliphatic rings. The maximum absolute atomic E-state index is 13.3. The zero-order chi connectivity index (χ0) is 20.0. The molecular weight excluding hydrogens is 390 g/mol. The number of amides is 1. The van der Waals surface area contributed by atoms with E-state index >= 15 is 0 Å². The number of rotatable bonds is 4. The third-order valence-electron chi connectivity index (χ3n) is 6.16. The summed E-state index contributed by atoms with van der Waals surface area (Å²) in [6.45, 7) is 2.57. The first-order valence-corrected chi connectivity index (χ1v) is 10.9. The summed E-state index contributed by atoms with van der Waals surface area (Å²) in [5.74, 6) is -0.688. The Morgan fingerprint density at radius 1 is 1.21 bits per heavy atom. The lowest BCUT2D eigenvalue weighted by atomic mass is 9.98. The van der Waals surface area contributed by atoms with Gasteiger partial charge in [0.1, 0.15) is 4.88 Å². The lowest BCUT2D eigenvalue weighted by Crippen LogP contribution is -2.38. The molecule has 2 aliphatic heterocycles. The van der Waals surface area contributed by atoms with E-state index in [1.54, 1.807) is 0 Å². The zero-order valence-corrected chi connectivity index (χ0v) is 16.9. The van der Waals surface area contributed by atoms with Gasteiger partial charge in [-0.1, -0.05) is 36.0 Å². The van der Waals surface area contributed by atoms with Crippen LogP contribution in [0.5, 0.6) is 0 Å². The fourth-order valence-corrected chi connectivity index (χ4v) is 5.85. The molecular formula is C21H23N3O4S. The minimum absolute atomic E-state index is 0.0139. The summed E-state index contributed by atoms with van der Waals surface area (Å²) < 4.78 is 5.37. The number of aromatic nitrogens is 1. The number of aromatic carboxylic acids is 1. The van der Waals surface area contributed by atoms with E-state index in [4.69, 9.17) is 4.74 Å². The summed E-state index contributed by atoms with van der Waals surface area (Å²) in [4.78, 5) is 33.8. The quantitative estimate of drug-likeness (QED) is 0.830. The third kappa shape index (κ3) is 3.20. The van der Waals surface area contributed by atoms with Crippen LogP contribution in [0.3, 0.4) is 0 Å². The Kier molecular flexibility index (Phi) is 4.75. The molecule has 2 atom stereocenters. The highest BCUT2D eigenvalue weighted by atomic mass is 32.1. The monoisotopic (exact) mass is 413 g/mol. The van der Waals surface area contributed by atoms with Gasteiger partial charge in [0.15, 0.2) is 5.13 Å². The number of ether oxygens (including phenoxy) is 1. The lowest BCUT2D eigenvalue weighted by Gasteiger charge is -2.26. The molecule has 5 rings (SSSR count). The van der Waals surface area contributed by atoms with Crippen molar-refractivity contribution in [3.05, 3.63) is 40.4 Å². The van der Waals surface area contributed by atoms with Crippen molar-refractivity contribution in [2.24, 2.45) is 0 Å². The number of carboxylic acid groups (broad SMARTS) is 1. The number of para-hydroxylation sites is 1. The number of anilines is 2. The van der Waals surface area contributed by atoms with Gasteiger partial charge in [-0.3, -0.25) is 4.79 Å². The van der Waals surface area contributed by atoms with Crippen LogP contribution in [0, 0.1) is 0 Å². The van der Waals surface area contributed by atoms with Crippen LogP contribution in [0.4, 0.5) is 10.8 Å². The molecule has 1 saturated carbocycles. The normalized spacial score (nSPS) is 23.2. The fraction of sp³-hybridized carbons (Fsp3) is 0.476. The molecule has 152 valence electrons. The molecule has 3 heterocycles. The second-order valence-electron chi connectivity index (χ2n) is 7.78. The largest absolute Gasteiger partial charge is 0.477 e. The van der Waals surface area contributed by atoms with Crippen LogP contribution >= 0.6 is 11.3 Å². The average Bonchev–Trinajstić information content (AvgIpc) is 3.42. The van der Waals surface area contributed by atoms with E-state index in [0.29, 0.717) is 43.0 Å². The molecule has 1 aliphatic carbocycles. The first kappa shape index (κ1) is 18.6. The highest BCUT2D eigenvalue weighted by Crippen LogP contribution is 2.49. The van der Waals surface area contributed by atoms with Crippen LogP contribution in [0.1, 0.15) is 46.1 Å². The summed E-state index contributed by atoms with van der Waals surface area (Å²) >= 11 is 1.15. The summed E-state index contributed by atoms with van der Waals surface area (Å²) in [7, 11) is 0. The van der Waals surface area contributed by atoms with Crippen LogP contribution in [0.2, 0.25) is 0 Å². The number of thiazole rings is 1. The van der Waals surface area contributed by atoms with Gasteiger partial charge in [-0.2, -0.15) is 0 Å². The first-order valence-electron chi connectivity index (χ1n) is 10.1. The Labute approximate surface area is 172 Å². The van der Waals surface area contributed by atoms with Crippen molar-refractivity contribution >= 4 is 34.0 Å². The topological polar surface area (TPSA) is 83.0 Å². The standard InChI is InChI=1S/C21H23N3O4S/c25-18(24-16-6-2-1-4-13(16)14-5-3-7-17(14)24)12-15-19(20(26)27)29-21(22-15)23-8-10-28-11-9-23/h1-2,4,6,14,17H,3,5,7-12H2,(H,26,27). The van der Waals surface area contributed by atoms with Crippen LogP contribution in [0.15, 0.2) is 24.3 Å². The Balaban J connectivity index is 1.43. The number of carbonyl (C=O) groups is 2. The molecule has 1 aromatic heterocycles. The second kappa shape index (κ2) is 7.42. The van der Waals surface area contributed by atoms with Crippen molar-refractivity contribution in [1.29, 1.82) is 0 Å². The average molecular weight is 413 g/mol. The molecule has 0 bridgehead atoms. The van der Waals surface area contributed by atoms with Crippen LogP contribution in [0.25, 0.3) is 0 Å². The molecule has 29 heavy (non-hydrogen) atoms. The minimum Gasteiger partial charge on any atom is -0.477 e. The van der Waals surface area contributed by atoms with Gasteiger partial charge in [0.2, 0.25) is 5.91 Å². The molecule has 2 aromatic rings. The lowest BCUT2D eigenvalue weighted by molar-refractivity contribution is -0.118. The summed E-state index contributed by atoms with van der Waals surface area (Å²) in [6.07, 6.45) is 3.22. The van der Waals surface area contributed by atoms with Crippen LogP contribution in [-0.2, 0) is 16.0 Å². The number of benzene rings is 1. The SMILES string of the molecule is O=C(O)c1sc(N2CCOCC2)nc1CC(=O)N1c2ccccc2C2CCCC21. The Morgan fingerprint density at radius 3 is 2.79 bits per heavy atom. The van der Waals surface area contributed by atoms with Crippen LogP contribution < -0.4 is 9.80 Å². The Bertz CT molecular complexity index is 953. The van der Waals surface area contributed by atoms with E-state index < -0.39 is 5.97 Å². The van der Waals surface area contributed by atoms with Gasteiger partial charge in [-0.15, -0.1) is 0 Å². The number of carboxylic acids is 1. The summed E-state index contributed by atoms with van der Waals surface area (Å²) in [5, 5.41) is 10.3. The first-order chi connectivity index (χ1) is 14.1. The molecule has 1 N–H and O–H groups in total. The van der Waals surface area contributed by atoms with Gasteiger partial charge >= 0.3 is 5.97 Å². The van der Waals surface area contributed by atoms with Crippen molar-refractivity contribution < 1.29 is 19.4 Å². The van der Waals surface area contributed by atoms with E-state index in [1.807, 2.05) is 28.0 Å². The minimum atomic E-state index is -1.02. The van der Waals surface area contributed by atoms with E-state index in [-0.39, 0.29) is 23.2 Å². The summed E-state index contributed by atoms with van der Waals surface area (Å²) in [6, 6.07) is 8.30. The van der Waals surface area contributed by atoms with Gasteiger partial charge in [0.25, 0.3) is 0 Å². The van der Waals surface area contributed by atoms with E-state index in [0.717, 1.165) is 36.3 Å². The summed E-state index contributed by atoms with van der Waals surface area (Å²) in [5.41, 5.74) is 2.59. The number of hydrogen-bond acceptors (Lipinski definition) is 6. The van der Waals surface area contributed by atoms with Gasteiger partial charge in [-0.25, -0.2) is 9.78 Å². The van der Waals surface area contributed by atoms with Crippen LogP contribution in [-0.4, -0.2) is 54.3 Å². The third-order valence-corrected chi connectivity index (χ3v) is 7.30. The maximum Gasteiger partial charge on any atom is 0.347 e. The molecule has 1 amide bonds. The highest BCUT2D eigenvalue weighted by Gasteiger charge is 2.44. The van der Waals surface area contributed by atoms with Gasteiger partial charge in [-0.05, 0) is 24.5 Å². The van der Waals surface area contributed by atoms with E-state index in [1.165, 1.54) is 5.56 Å². The van der Waals surface area contributed by atoms with E-state index in [2.05, 4.69) is 11.1 Å². The molecule has 8 heteroatoms. The fourth-order valence-electron chi connectivity index (χ4n) is 4.88. The van der Waals surface area contributed by atoms with Crippen molar-refractivity contribution in [3.63, 3.8) is 0 Å². The Morgan fingerprint density at radius 2 is 2.00 bits per heavy atom. The predicted molar refractivity (Wildman–Crippen MR) is 110 cm³/mol. The molecule has 2 fully saturated rings.